The van der Waals surface area contributed by atoms with E-state index in [1.165, 1.54) is 5.69 Å². The van der Waals surface area contributed by atoms with E-state index in [1.54, 1.807) is 6.20 Å². The second-order valence-corrected chi connectivity index (χ2v) is 5.02. The van der Waals surface area contributed by atoms with Crippen LogP contribution in [-0.2, 0) is 6.54 Å². The van der Waals surface area contributed by atoms with Crippen molar-refractivity contribution in [3.8, 4) is 5.69 Å². The zero-order chi connectivity index (χ0) is 13.7. The summed E-state index contributed by atoms with van der Waals surface area (Å²) in [5.74, 6) is 0. The van der Waals surface area contributed by atoms with Crippen LogP contribution in [0.2, 0.25) is 5.15 Å². The molecule has 0 amide bonds. The molecule has 0 saturated carbocycles. The van der Waals surface area contributed by atoms with Crippen molar-refractivity contribution in [2.45, 2.75) is 6.54 Å². The predicted molar refractivity (Wildman–Crippen MR) is 78.8 cm³/mol. The molecule has 2 rings (SSSR count). The fourth-order valence-corrected chi connectivity index (χ4v) is 2.08. The number of hydrogen-bond donors (Lipinski definition) is 1. The van der Waals surface area contributed by atoms with E-state index < -0.39 is 0 Å². The molecule has 19 heavy (non-hydrogen) atoms. The number of halogens is 1. The van der Waals surface area contributed by atoms with Gasteiger partial charge in [-0.25, -0.2) is 4.98 Å². The van der Waals surface area contributed by atoms with E-state index >= 15 is 0 Å². The highest BCUT2D eigenvalue weighted by Gasteiger charge is 2.06. The van der Waals surface area contributed by atoms with E-state index in [0.29, 0.717) is 5.15 Å². The average molecular weight is 279 g/mol. The maximum Gasteiger partial charge on any atom is 0.152 e. The number of likely N-dealkylation sites (N-methyl/N-ethyl adjacent to an activating group) is 1. The summed E-state index contributed by atoms with van der Waals surface area (Å²) in [4.78, 5) is 6.27. The summed E-state index contributed by atoms with van der Waals surface area (Å²) in [6, 6.07) is 7.97. The molecule has 0 aliphatic carbocycles. The summed E-state index contributed by atoms with van der Waals surface area (Å²) in [6.07, 6.45) is 3.70. The van der Waals surface area contributed by atoms with Crippen molar-refractivity contribution in [2.24, 2.45) is 0 Å². The summed E-state index contributed by atoms with van der Waals surface area (Å²) in [5, 5.41) is 3.94. The van der Waals surface area contributed by atoms with E-state index in [-0.39, 0.29) is 0 Å². The molecule has 0 radical (unpaired) electrons. The molecule has 2 heterocycles. The molecule has 0 aromatic carbocycles. The maximum absolute atomic E-state index is 6.13. The van der Waals surface area contributed by atoms with Crippen LogP contribution in [0, 0.1) is 0 Å². The van der Waals surface area contributed by atoms with Crippen LogP contribution in [0.15, 0.2) is 36.7 Å². The first-order valence-corrected chi connectivity index (χ1v) is 6.69. The van der Waals surface area contributed by atoms with E-state index in [0.717, 1.165) is 25.3 Å². The highest BCUT2D eigenvalue weighted by atomic mass is 35.5. The van der Waals surface area contributed by atoms with Gasteiger partial charge in [-0.05, 0) is 38.4 Å². The number of rotatable bonds is 6. The first kappa shape index (κ1) is 14.1. The van der Waals surface area contributed by atoms with E-state index in [2.05, 4.69) is 39.9 Å². The smallest absolute Gasteiger partial charge is 0.152 e. The Hall–Kier alpha value is -1.36. The van der Waals surface area contributed by atoms with Crippen molar-refractivity contribution < 1.29 is 0 Å². The summed E-state index contributed by atoms with van der Waals surface area (Å²) >= 11 is 6.13. The van der Waals surface area contributed by atoms with Gasteiger partial charge in [0, 0.05) is 37.7 Å². The highest BCUT2D eigenvalue weighted by molar-refractivity contribution is 6.31. The van der Waals surface area contributed by atoms with Gasteiger partial charge in [-0.3, -0.25) is 0 Å². The first-order valence-electron chi connectivity index (χ1n) is 6.31. The van der Waals surface area contributed by atoms with Crippen LogP contribution in [0.3, 0.4) is 0 Å². The third-order valence-corrected chi connectivity index (χ3v) is 3.17. The molecule has 2 aromatic heterocycles. The summed E-state index contributed by atoms with van der Waals surface area (Å²) < 4.78 is 2.07. The quantitative estimate of drug-likeness (QED) is 0.649. The molecule has 102 valence electrons. The summed E-state index contributed by atoms with van der Waals surface area (Å²) in [6.45, 7) is 2.79. The molecule has 0 saturated heterocycles. The van der Waals surface area contributed by atoms with Crippen LogP contribution in [0.1, 0.15) is 5.69 Å². The second-order valence-electron chi connectivity index (χ2n) is 4.66. The standard InChI is InChI=1S/C14H19ClN4/c1-18(2)10-8-16-11-12-5-4-9-19(12)13-6-3-7-17-14(13)15/h3-7,9,16H,8,10-11H2,1-2H3. The Morgan fingerprint density at radius 1 is 1.32 bits per heavy atom. The molecule has 0 spiro atoms. The van der Waals surface area contributed by atoms with Crippen molar-refractivity contribution in [1.29, 1.82) is 0 Å². The third kappa shape index (κ3) is 3.80. The average Bonchev–Trinajstić information content (AvgIpc) is 2.83. The maximum atomic E-state index is 6.13. The molecule has 1 N–H and O–H groups in total. The minimum Gasteiger partial charge on any atom is -0.317 e. The fraction of sp³-hybridized carbons (Fsp3) is 0.357. The second kappa shape index (κ2) is 6.70. The number of hydrogen-bond acceptors (Lipinski definition) is 3. The van der Waals surface area contributed by atoms with Crippen molar-refractivity contribution in [1.82, 2.24) is 19.8 Å². The molecular weight excluding hydrogens is 260 g/mol. The molecule has 0 atom stereocenters. The lowest BCUT2D eigenvalue weighted by Crippen LogP contribution is -2.26. The van der Waals surface area contributed by atoms with Gasteiger partial charge in [0.2, 0.25) is 0 Å². The van der Waals surface area contributed by atoms with E-state index in [1.807, 2.05) is 24.4 Å². The van der Waals surface area contributed by atoms with Crippen LogP contribution in [0.4, 0.5) is 0 Å². The van der Waals surface area contributed by atoms with Gasteiger partial charge in [-0.1, -0.05) is 11.6 Å². The van der Waals surface area contributed by atoms with Gasteiger partial charge < -0.3 is 14.8 Å². The Balaban J connectivity index is 2.04. The molecule has 0 aliphatic rings. The predicted octanol–water partition coefficient (Wildman–Crippen LogP) is 2.18. The van der Waals surface area contributed by atoms with E-state index in [9.17, 15) is 0 Å². The number of aromatic nitrogens is 2. The minimum absolute atomic E-state index is 0.522. The molecule has 0 aliphatic heterocycles. The van der Waals surface area contributed by atoms with Gasteiger partial charge in [-0.15, -0.1) is 0 Å². The molecule has 0 fully saturated rings. The largest absolute Gasteiger partial charge is 0.317 e. The molecule has 4 nitrogen and oxygen atoms in total. The fourth-order valence-electron chi connectivity index (χ4n) is 1.87. The monoisotopic (exact) mass is 278 g/mol. The van der Waals surface area contributed by atoms with Crippen LogP contribution in [0.25, 0.3) is 5.69 Å². The normalized spacial score (nSPS) is 11.2. The zero-order valence-electron chi connectivity index (χ0n) is 11.3. The van der Waals surface area contributed by atoms with Crippen LogP contribution >= 0.6 is 11.6 Å². The van der Waals surface area contributed by atoms with Crippen molar-refractivity contribution in [3.63, 3.8) is 0 Å². The summed E-state index contributed by atoms with van der Waals surface area (Å²) in [7, 11) is 4.14. The summed E-state index contributed by atoms with van der Waals surface area (Å²) in [5.41, 5.74) is 2.09. The first-order chi connectivity index (χ1) is 9.18. The van der Waals surface area contributed by atoms with Crippen LogP contribution < -0.4 is 5.32 Å². The Kier molecular flexibility index (Phi) is 4.96. The van der Waals surface area contributed by atoms with Gasteiger partial charge >= 0.3 is 0 Å². The number of nitrogens with zero attached hydrogens (tertiary/aromatic N) is 3. The van der Waals surface area contributed by atoms with Crippen molar-refractivity contribution >= 4 is 11.6 Å². The van der Waals surface area contributed by atoms with Crippen molar-refractivity contribution in [3.05, 3.63) is 47.5 Å². The molecular formula is C14H19ClN4. The molecule has 2 aromatic rings. The Labute approximate surface area is 119 Å². The lowest BCUT2D eigenvalue weighted by molar-refractivity contribution is 0.399. The van der Waals surface area contributed by atoms with Crippen LogP contribution in [-0.4, -0.2) is 41.6 Å². The van der Waals surface area contributed by atoms with Crippen LogP contribution in [0.5, 0.6) is 0 Å². The molecule has 0 unspecified atom stereocenters. The SMILES string of the molecule is CN(C)CCNCc1cccn1-c1cccnc1Cl. The van der Waals surface area contributed by atoms with Gasteiger partial charge in [0.1, 0.15) is 0 Å². The minimum atomic E-state index is 0.522. The number of nitrogens with one attached hydrogen (secondary N) is 1. The third-order valence-electron chi connectivity index (χ3n) is 2.87. The zero-order valence-corrected chi connectivity index (χ0v) is 12.1. The Bertz CT molecular complexity index is 522. The van der Waals surface area contributed by atoms with Gasteiger partial charge in [0.05, 0.1) is 5.69 Å². The molecule has 5 heteroatoms. The lowest BCUT2D eigenvalue weighted by atomic mass is 10.3. The van der Waals surface area contributed by atoms with Crippen molar-refractivity contribution in [2.75, 3.05) is 27.2 Å². The Morgan fingerprint density at radius 3 is 2.89 bits per heavy atom. The van der Waals surface area contributed by atoms with E-state index in [4.69, 9.17) is 11.6 Å². The van der Waals surface area contributed by atoms with Gasteiger partial charge in [0.25, 0.3) is 0 Å². The highest BCUT2D eigenvalue weighted by Crippen LogP contribution is 2.19. The topological polar surface area (TPSA) is 33.1 Å². The Morgan fingerprint density at radius 2 is 2.16 bits per heavy atom. The number of pyridine rings is 1. The van der Waals surface area contributed by atoms with Gasteiger partial charge in [-0.2, -0.15) is 0 Å². The van der Waals surface area contributed by atoms with Gasteiger partial charge in [0.15, 0.2) is 5.15 Å². The lowest BCUT2D eigenvalue weighted by Gasteiger charge is -2.13. The molecule has 0 bridgehead atoms.